The van der Waals surface area contributed by atoms with Crippen molar-refractivity contribution in [3.63, 3.8) is 0 Å². The normalized spacial score (nSPS) is 10.3. The predicted octanol–water partition coefficient (Wildman–Crippen LogP) is 2.56. The molecule has 2 heterocycles. The average Bonchev–Trinajstić information content (AvgIpc) is 2.86. The van der Waals surface area contributed by atoms with E-state index in [0.717, 1.165) is 22.1 Å². The van der Waals surface area contributed by atoms with Crippen LogP contribution in [0.4, 0.5) is 5.13 Å². The van der Waals surface area contributed by atoms with Crippen molar-refractivity contribution in [2.75, 3.05) is 11.9 Å². The molecule has 6 heteroatoms. The van der Waals surface area contributed by atoms with Crippen molar-refractivity contribution in [2.45, 2.75) is 26.8 Å². The van der Waals surface area contributed by atoms with Crippen LogP contribution in [0.5, 0.6) is 0 Å². The molecule has 0 aliphatic carbocycles. The number of pyridine rings is 1. The van der Waals surface area contributed by atoms with Crippen LogP contribution >= 0.6 is 11.3 Å². The number of anilines is 1. The minimum Gasteiger partial charge on any atom is -0.466 e. The standard InChI is InChI=1S/C14H17N3O2S/c1-3-19-13(18)6-12-9-20-14(17-12)16-8-11-5-4-10(2)15-7-11/h4-5,7,9H,3,6,8H2,1-2H3,(H,16,17). The summed E-state index contributed by atoms with van der Waals surface area (Å²) >= 11 is 1.48. The first-order valence-corrected chi connectivity index (χ1v) is 7.30. The van der Waals surface area contributed by atoms with Crippen LogP contribution in [-0.2, 0) is 22.5 Å². The summed E-state index contributed by atoms with van der Waals surface area (Å²) in [5.74, 6) is -0.243. The largest absolute Gasteiger partial charge is 0.466 e. The monoisotopic (exact) mass is 291 g/mol. The second-order valence-electron chi connectivity index (χ2n) is 4.29. The van der Waals surface area contributed by atoms with Gasteiger partial charge in [-0.15, -0.1) is 11.3 Å². The quantitative estimate of drug-likeness (QED) is 0.829. The lowest BCUT2D eigenvalue weighted by Gasteiger charge is -2.02. The van der Waals surface area contributed by atoms with Crippen LogP contribution < -0.4 is 5.32 Å². The zero-order valence-corrected chi connectivity index (χ0v) is 12.4. The van der Waals surface area contributed by atoms with E-state index in [0.29, 0.717) is 13.2 Å². The Hall–Kier alpha value is -1.95. The highest BCUT2D eigenvalue weighted by Gasteiger charge is 2.08. The maximum atomic E-state index is 11.3. The number of rotatable bonds is 6. The summed E-state index contributed by atoms with van der Waals surface area (Å²) in [6, 6.07) is 4.01. The molecule has 2 aromatic rings. The summed E-state index contributed by atoms with van der Waals surface area (Å²) in [5.41, 5.74) is 2.83. The van der Waals surface area contributed by atoms with E-state index >= 15 is 0 Å². The summed E-state index contributed by atoms with van der Waals surface area (Å²) < 4.78 is 4.89. The molecular weight excluding hydrogens is 274 g/mol. The number of aryl methyl sites for hydroxylation is 1. The lowest BCUT2D eigenvalue weighted by molar-refractivity contribution is -0.142. The van der Waals surface area contributed by atoms with Crippen molar-refractivity contribution in [3.05, 3.63) is 40.7 Å². The molecule has 0 aliphatic rings. The molecule has 0 aliphatic heterocycles. The van der Waals surface area contributed by atoms with E-state index in [1.54, 1.807) is 6.92 Å². The van der Waals surface area contributed by atoms with Gasteiger partial charge in [-0.3, -0.25) is 9.78 Å². The maximum absolute atomic E-state index is 11.3. The van der Waals surface area contributed by atoms with Gasteiger partial charge in [0, 0.05) is 23.8 Å². The Bertz CT molecular complexity index is 566. The van der Waals surface area contributed by atoms with Crippen LogP contribution in [0.3, 0.4) is 0 Å². The Morgan fingerprint density at radius 1 is 1.45 bits per heavy atom. The van der Waals surface area contributed by atoms with E-state index in [1.807, 2.05) is 30.6 Å². The number of hydrogen-bond donors (Lipinski definition) is 1. The molecule has 20 heavy (non-hydrogen) atoms. The number of nitrogens with one attached hydrogen (secondary N) is 1. The first-order chi connectivity index (χ1) is 9.67. The van der Waals surface area contributed by atoms with Crippen molar-refractivity contribution in [2.24, 2.45) is 0 Å². The van der Waals surface area contributed by atoms with Crippen LogP contribution in [0, 0.1) is 6.92 Å². The van der Waals surface area contributed by atoms with Gasteiger partial charge in [-0.05, 0) is 25.5 Å². The second kappa shape index (κ2) is 7.00. The Labute approximate surface area is 122 Å². The van der Waals surface area contributed by atoms with Crippen molar-refractivity contribution >= 4 is 22.4 Å². The van der Waals surface area contributed by atoms with Gasteiger partial charge in [-0.25, -0.2) is 4.98 Å². The van der Waals surface area contributed by atoms with Crippen LogP contribution in [0.2, 0.25) is 0 Å². The van der Waals surface area contributed by atoms with Gasteiger partial charge in [-0.2, -0.15) is 0 Å². The topological polar surface area (TPSA) is 64.1 Å². The van der Waals surface area contributed by atoms with Gasteiger partial charge < -0.3 is 10.1 Å². The first kappa shape index (κ1) is 14.5. The number of ether oxygens (including phenoxy) is 1. The van der Waals surface area contributed by atoms with Gasteiger partial charge in [0.2, 0.25) is 0 Å². The lowest BCUT2D eigenvalue weighted by atomic mass is 10.2. The Morgan fingerprint density at radius 3 is 3.00 bits per heavy atom. The molecule has 106 valence electrons. The molecule has 0 saturated heterocycles. The van der Waals surface area contributed by atoms with Crippen molar-refractivity contribution in [1.29, 1.82) is 0 Å². The molecule has 2 rings (SSSR count). The zero-order valence-electron chi connectivity index (χ0n) is 11.5. The van der Waals surface area contributed by atoms with Crippen molar-refractivity contribution < 1.29 is 9.53 Å². The molecule has 0 unspecified atom stereocenters. The van der Waals surface area contributed by atoms with E-state index in [1.165, 1.54) is 11.3 Å². The van der Waals surface area contributed by atoms with Gasteiger partial charge in [0.15, 0.2) is 5.13 Å². The van der Waals surface area contributed by atoms with Gasteiger partial charge >= 0.3 is 5.97 Å². The Morgan fingerprint density at radius 2 is 2.30 bits per heavy atom. The fourth-order valence-corrected chi connectivity index (χ4v) is 2.32. The number of carbonyl (C=O) groups is 1. The van der Waals surface area contributed by atoms with Gasteiger partial charge in [0.1, 0.15) is 0 Å². The number of hydrogen-bond acceptors (Lipinski definition) is 6. The number of carbonyl (C=O) groups excluding carboxylic acids is 1. The highest BCUT2D eigenvalue weighted by molar-refractivity contribution is 7.13. The molecule has 0 saturated carbocycles. The van der Waals surface area contributed by atoms with E-state index in [9.17, 15) is 4.79 Å². The maximum Gasteiger partial charge on any atom is 0.311 e. The molecule has 5 nitrogen and oxygen atoms in total. The summed E-state index contributed by atoms with van der Waals surface area (Å²) in [6.45, 7) is 4.81. The Balaban J connectivity index is 1.86. The van der Waals surface area contributed by atoms with Gasteiger partial charge in [0.05, 0.1) is 18.7 Å². The zero-order chi connectivity index (χ0) is 14.4. The minimum absolute atomic E-state index is 0.220. The fraction of sp³-hybridized carbons (Fsp3) is 0.357. The predicted molar refractivity (Wildman–Crippen MR) is 78.8 cm³/mol. The van der Waals surface area contributed by atoms with Crippen LogP contribution in [-0.4, -0.2) is 22.5 Å². The van der Waals surface area contributed by atoms with E-state index in [4.69, 9.17) is 4.74 Å². The Kier molecular flexibility index (Phi) is 5.06. The lowest BCUT2D eigenvalue weighted by Crippen LogP contribution is -2.08. The molecule has 0 amide bonds. The number of thiazole rings is 1. The third-order valence-electron chi connectivity index (χ3n) is 2.60. The average molecular weight is 291 g/mol. The SMILES string of the molecule is CCOC(=O)Cc1csc(NCc2ccc(C)nc2)n1. The summed E-state index contributed by atoms with van der Waals surface area (Å²) in [4.78, 5) is 19.9. The highest BCUT2D eigenvalue weighted by Crippen LogP contribution is 2.17. The number of aromatic nitrogens is 2. The third-order valence-corrected chi connectivity index (χ3v) is 3.45. The van der Waals surface area contributed by atoms with Gasteiger partial charge in [0.25, 0.3) is 0 Å². The minimum atomic E-state index is -0.243. The van der Waals surface area contributed by atoms with E-state index in [-0.39, 0.29) is 12.4 Å². The van der Waals surface area contributed by atoms with E-state index < -0.39 is 0 Å². The molecule has 0 aromatic carbocycles. The molecular formula is C14H17N3O2S. The molecule has 0 spiro atoms. The first-order valence-electron chi connectivity index (χ1n) is 6.43. The summed E-state index contributed by atoms with van der Waals surface area (Å²) in [7, 11) is 0. The molecule has 0 atom stereocenters. The fourth-order valence-electron chi connectivity index (χ4n) is 1.61. The third kappa shape index (κ3) is 4.31. The second-order valence-corrected chi connectivity index (χ2v) is 5.15. The molecule has 0 radical (unpaired) electrons. The molecule has 1 N–H and O–H groups in total. The van der Waals surface area contributed by atoms with Gasteiger partial charge in [-0.1, -0.05) is 6.07 Å². The molecule has 2 aromatic heterocycles. The van der Waals surface area contributed by atoms with Crippen molar-refractivity contribution in [3.8, 4) is 0 Å². The number of esters is 1. The highest BCUT2D eigenvalue weighted by atomic mass is 32.1. The van der Waals surface area contributed by atoms with Crippen LogP contribution in [0.25, 0.3) is 0 Å². The molecule has 0 fully saturated rings. The van der Waals surface area contributed by atoms with Crippen LogP contribution in [0.1, 0.15) is 23.9 Å². The van der Waals surface area contributed by atoms with Crippen LogP contribution in [0.15, 0.2) is 23.7 Å². The molecule has 0 bridgehead atoms. The number of nitrogens with zero attached hydrogens (tertiary/aromatic N) is 2. The summed E-state index contributed by atoms with van der Waals surface area (Å²) in [6.07, 6.45) is 2.06. The van der Waals surface area contributed by atoms with Crippen molar-refractivity contribution in [1.82, 2.24) is 9.97 Å². The smallest absolute Gasteiger partial charge is 0.311 e. The van der Waals surface area contributed by atoms with E-state index in [2.05, 4.69) is 15.3 Å². The summed E-state index contributed by atoms with van der Waals surface area (Å²) in [5, 5.41) is 5.89.